The molecule has 0 radical (unpaired) electrons. The van der Waals surface area contributed by atoms with Gasteiger partial charge in [0.1, 0.15) is 0 Å². The summed E-state index contributed by atoms with van der Waals surface area (Å²) in [5.74, 6) is 0. The molecule has 2 aromatic carbocycles. The van der Waals surface area contributed by atoms with Crippen LogP contribution in [0.25, 0.3) is 10.8 Å². The first-order chi connectivity index (χ1) is 8.23. The van der Waals surface area contributed by atoms with E-state index in [1.807, 2.05) is 32.9 Å². The third kappa shape index (κ3) is 1.91. The van der Waals surface area contributed by atoms with Crippen LogP contribution >= 0.6 is 0 Å². The SMILES string of the molecule is Cc1ccc2c(C)c(C)c(S(=O)(=O)O)cc2c1C. The zero-order valence-corrected chi connectivity index (χ0v) is 11.7. The highest BCUT2D eigenvalue weighted by atomic mass is 32.2. The van der Waals surface area contributed by atoms with Crippen molar-refractivity contribution in [3.63, 3.8) is 0 Å². The minimum Gasteiger partial charge on any atom is -0.282 e. The molecule has 18 heavy (non-hydrogen) atoms. The Hall–Kier alpha value is -1.39. The fourth-order valence-corrected chi connectivity index (χ4v) is 3.05. The number of hydrogen-bond acceptors (Lipinski definition) is 2. The summed E-state index contributed by atoms with van der Waals surface area (Å²) in [5.41, 5.74) is 3.64. The predicted octanol–water partition coefficient (Wildman–Crippen LogP) is 3.32. The lowest BCUT2D eigenvalue weighted by atomic mass is 9.95. The highest BCUT2D eigenvalue weighted by Gasteiger charge is 2.17. The maximum absolute atomic E-state index is 11.4. The summed E-state index contributed by atoms with van der Waals surface area (Å²) < 4.78 is 32.1. The molecule has 0 bridgehead atoms. The van der Waals surface area contributed by atoms with Gasteiger partial charge in [0.15, 0.2) is 0 Å². The van der Waals surface area contributed by atoms with Gasteiger partial charge in [0.2, 0.25) is 0 Å². The van der Waals surface area contributed by atoms with E-state index < -0.39 is 10.1 Å². The zero-order valence-electron chi connectivity index (χ0n) is 10.9. The Morgan fingerprint density at radius 2 is 1.50 bits per heavy atom. The van der Waals surface area contributed by atoms with Crippen LogP contribution < -0.4 is 0 Å². The van der Waals surface area contributed by atoms with Gasteiger partial charge in [0.05, 0.1) is 4.90 Å². The van der Waals surface area contributed by atoms with Crippen molar-refractivity contribution in [2.45, 2.75) is 32.6 Å². The van der Waals surface area contributed by atoms with Gasteiger partial charge in [-0.1, -0.05) is 12.1 Å². The first-order valence-corrected chi connectivity index (χ1v) is 7.15. The maximum atomic E-state index is 11.4. The molecule has 0 saturated carbocycles. The fraction of sp³-hybridized carbons (Fsp3) is 0.286. The number of benzene rings is 2. The zero-order chi connectivity index (χ0) is 13.7. The van der Waals surface area contributed by atoms with E-state index in [0.717, 1.165) is 27.5 Å². The molecule has 0 aliphatic carbocycles. The van der Waals surface area contributed by atoms with E-state index in [2.05, 4.69) is 0 Å². The van der Waals surface area contributed by atoms with Crippen LogP contribution in [0.1, 0.15) is 22.3 Å². The minimum absolute atomic E-state index is 0.00111. The normalized spacial score (nSPS) is 12.1. The van der Waals surface area contributed by atoms with Gasteiger partial charge >= 0.3 is 0 Å². The molecule has 3 nitrogen and oxygen atoms in total. The maximum Gasteiger partial charge on any atom is 0.294 e. The van der Waals surface area contributed by atoms with Crippen LogP contribution in [-0.2, 0) is 10.1 Å². The Balaban J connectivity index is 3.03. The summed E-state index contributed by atoms with van der Waals surface area (Å²) in [7, 11) is -4.18. The molecule has 96 valence electrons. The van der Waals surface area contributed by atoms with Crippen LogP contribution in [0.2, 0.25) is 0 Å². The monoisotopic (exact) mass is 264 g/mol. The quantitative estimate of drug-likeness (QED) is 0.804. The molecule has 0 unspecified atom stereocenters. The van der Waals surface area contributed by atoms with Crippen LogP contribution in [0.3, 0.4) is 0 Å². The van der Waals surface area contributed by atoms with Crippen molar-refractivity contribution in [3.8, 4) is 0 Å². The van der Waals surface area contributed by atoms with Gasteiger partial charge < -0.3 is 0 Å². The molecule has 0 saturated heterocycles. The van der Waals surface area contributed by atoms with Crippen molar-refractivity contribution in [2.75, 3.05) is 0 Å². The first-order valence-electron chi connectivity index (χ1n) is 5.71. The van der Waals surface area contributed by atoms with E-state index in [-0.39, 0.29) is 4.90 Å². The van der Waals surface area contributed by atoms with Crippen molar-refractivity contribution >= 4 is 20.9 Å². The smallest absolute Gasteiger partial charge is 0.282 e. The van der Waals surface area contributed by atoms with Crippen molar-refractivity contribution in [1.82, 2.24) is 0 Å². The molecule has 0 aromatic heterocycles. The fourth-order valence-electron chi connectivity index (χ4n) is 2.24. The number of aryl methyl sites for hydroxylation is 3. The van der Waals surface area contributed by atoms with Gasteiger partial charge in [-0.3, -0.25) is 4.55 Å². The van der Waals surface area contributed by atoms with Crippen LogP contribution in [0.5, 0.6) is 0 Å². The summed E-state index contributed by atoms with van der Waals surface area (Å²) in [6.45, 7) is 7.53. The van der Waals surface area contributed by atoms with Crippen LogP contribution in [-0.4, -0.2) is 13.0 Å². The molecule has 0 aliphatic heterocycles. The summed E-state index contributed by atoms with van der Waals surface area (Å²) in [4.78, 5) is 0.00111. The summed E-state index contributed by atoms with van der Waals surface area (Å²) >= 11 is 0. The standard InChI is InChI=1S/C14H16O3S/c1-8-5-6-12-10(3)11(4)14(18(15,16)17)7-13(12)9(8)2/h5-7H,1-4H3,(H,15,16,17). The van der Waals surface area contributed by atoms with Crippen molar-refractivity contribution in [3.05, 3.63) is 40.5 Å². The molecule has 0 aliphatic rings. The number of rotatable bonds is 1. The number of fused-ring (bicyclic) bond motifs is 1. The third-order valence-corrected chi connectivity index (χ3v) is 4.65. The Bertz CT molecular complexity index is 743. The second-order valence-corrected chi connectivity index (χ2v) is 6.09. The lowest BCUT2D eigenvalue weighted by Gasteiger charge is -2.13. The second kappa shape index (κ2) is 4.07. The third-order valence-electron chi connectivity index (χ3n) is 3.68. The largest absolute Gasteiger partial charge is 0.294 e. The molecule has 2 aromatic rings. The Morgan fingerprint density at radius 1 is 0.889 bits per heavy atom. The van der Waals surface area contributed by atoms with E-state index >= 15 is 0 Å². The van der Waals surface area contributed by atoms with E-state index in [1.165, 1.54) is 0 Å². The van der Waals surface area contributed by atoms with Gasteiger partial charge in [-0.05, 0) is 66.8 Å². The molecule has 2 rings (SSSR count). The minimum atomic E-state index is -4.18. The van der Waals surface area contributed by atoms with Crippen LogP contribution in [0, 0.1) is 27.7 Å². The highest BCUT2D eigenvalue weighted by Crippen LogP contribution is 2.30. The van der Waals surface area contributed by atoms with E-state index in [0.29, 0.717) is 5.56 Å². The van der Waals surface area contributed by atoms with Crippen LogP contribution in [0.4, 0.5) is 0 Å². The van der Waals surface area contributed by atoms with Gasteiger partial charge in [-0.25, -0.2) is 0 Å². The average molecular weight is 264 g/mol. The molecule has 0 amide bonds. The van der Waals surface area contributed by atoms with Gasteiger partial charge in [0.25, 0.3) is 10.1 Å². The van der Waals surface area contributed by atoms with Gasteiger partial charge in [-0.15, -0.1) is 0 Å². The summed E-state index contributed by atoms with van der Waals surface area (Å²) in [6, 6.07) is 5.58. The summed E-state index contributed by atoms with van der Waals surface area (Å²) in [6.07, 6.45) is 0. The molecule has 1 N–H and O–H groups in total. The van der Waals surface area contributed by atoms with Crippen molar-refractivity contribution < 1.29 is 13.0 Å². The molecule has 0 atom stereocenters. The lowest BCUT2D eigenvalue weighted by Crippen LogP contribution is -2.03. The van der Waals surface area contributed by atoms with E-state index in [4.69, 9.17) is 0 Å². The van der Waals surface area contributed by atoms with Gasteiger partial charge in [-0.2, -0.15) is 8.42 Å². The molecule has 0 spiro atoms. The van der Waals surface area contributed by atoms with Crippen molar-refractivity contribution in [1.29, 1.82) is 0 Å². The molecule has 0 fully saturated rings. The number of hydrogen-bond donors (Lipinski definition) is 1. The summed E-state index contributed by atoms with van der Waals surface area (Å²) in [5, 5.41) is 1.91. The second-order valence-electron chi connectivity index (χ2n) is 4.70. The lowest BCUT2D eigenvalue weighted by molar-refractivity contribution is 0.482. The Labute approximate surface area is 107 Å². The first kappa shape index (κ1) is 13.1. The highest BCUT2D eigenvalue weighted by molar-refractivity contribution is 7.85. The Morgan fingerprint density at radius 3 is 2.06 bits per heavy atom. The van der Waals surface area contributed by atoms with E-state index in [1.54, 1.807) is 13.0 Å². The average Bonchev–Trinajstić information content (AvgIpc) is 2.26. The molecular formula is C14H16O3S. The molecule has 0 heterocycles. The topological polar surface area (TPSA) is 54.4 Å². The van der Waals surface area contributed by atoms with Crippen molar-refractivity contribution in [2.24, 2.45) is 0 Å². The van der Waals surface area contributed by atoms with Crippen LogP contribution in [0.15, 0.2) is 23.1 Å². The molecular weight excluding hydrogens is 248 g/mol. The Kier molecular flexibility index (Phi) is 2.95. The predicted molar refractivity (Wildman–Crippen MR) is 72.7 cm³/mol. The van der Waals surface area contributed by atoms with Gasteiger partial charge in [0, 0.05) is 0 Å². The molecule has 4 heteroatoms. The van der Waals surface area contributed by atoms with E-state index in [9.17, 15) is 13.0 Å².